The average Bonchev–Trinajstić information content (AvgIpc) is 2.93. The van der Waals surface area contributed by atoms with Gasteiger partial charge in [-0.25, -0.2) is 9.59 Å². The Labute approximate surface area is 156 Å². The number of ether oxygens (including phenoxy) is 2. The molecule has 0 spiro atoms. The number of para-hydroxylation sites is 1. The SMILES string of the molecule is C#CCNC(=O)c1ccccc1N1C=CC=CC(C(=O)OC)=C1C(=O)OC. The molecule has 1 aromatic carbocycles. The molecule has 1 aromatic rings. The Hall–Kier alpha value is -3.79. The highest BCUT2D eigenvalue weighted by Crippen LogP contribution is 2.29. The number of nitrogens with one attached hydrogen (secondary N) is 1. The van der Waals surface area contributed by atoms with Crippen molar-refractivity contribution >= 4 is 23.5 Å². The topological polar surface area (TPSA) is 84.9 Å². The van der Waals surface area contributed by atoms with Gasteiger partial charge in [0, 0.05) is 6.20 Å². The number of anilines is 1. The molecular weight excluding hydrogens is 348 g/mol. The van der Waals surface area contributed by atoms with Crippen LogP contribution in [-0.2, 0) is 19.1 Å². The summed E-state index contributed by atoms with van der Waals surface area (Å²) in [6, 6.07) is 6.60. The van der Waals surface area contributed by atoms with Crippen LogP contribution in [0.2, 0.25) is 0 Å². The molecule has 27 heavy (non-hydrogen) atoms. The van der Waals surface area contributed by atoms with Gasteiger partial charge in [-0.1, -0.05) is 24.1 Å². The number of carbonyl (C=O) groups excluding carboxylic acids is 3. The van der Waals surface area contributed by atoms with E-state index in [1.54, 1.807) is 42.6 Å². The van der Waals surface area contributed by atoms with Gasteiger partial charge in [0.25, 0.3) is 5.91 Å². The smallest absolute Gasteiger partial charge is 0.355 e. The van der Waals surface area contributed by atoms with Gasteiger partial charge in [0.2, 0.25) is 0 Å². The molecule has 138 valence electrons. The number of hydrogen-bond acceptors (Lipinski definition) is 6. The van der Waals surface area contributed by atoms with E-state index in [4.69, 9.17) is 15.9 Å². The number of amides is 1. The van der Waals surface area contributed by atoms with E-state index in [0.717, 1.165) is 0 Å². The summed E-state index contributed by atoms with van der Waals surface area (Å²) in [6.45, 7) is 0.0532. The van der Waals surface area contributed by atoms with E-state index in [2.05, 4.69) is 11.2 Å². The van der Waals surface area contributed by atoms with Crippen molar-refractivity contribution in [3.05, 3.63) is 65.5 Å². The van der Waals surface area contributed by atoms with Crippen LogP contribution >= 0.6 is 0 Å². The van der Waals surface area contributed by atoms with Crippen molar-refractivity contribution < 1.29 is 23.9 Å². The van der Waals surface area contributed by atoms with E-state index >= 15 is 0 Å². The van der Waals surface area contributed by atoms with Crippen LogP contribution in [0.15, 0.2) is 60.0 Å². The number of allylic oxidation sites excluding steroid dienone is 2. The first-order chi connectivity index (χ1) is 13.0. The van der Waals surface area contributed by atoms with Gasteiger partial charge in [-0.05, 0) is 24.3 Å². The summed E-state index contributed by atoms with van der Waals surface area (Å²) in [5.74, 6) is 0.438. The minimum Gasteiger partial charge on any atom is -0.465 e. The summed E-state index contributed by atoms with van der Waals surface area (Å²) in [5.41, 5.74) is 0.554. The predicted octanol–water partition coefficient (Wildman–Crippen LogP) is 1.54. The van der Waals surface area contributed by atoms with Crippen molar-refractivity contribution in [1.82, 2.24) is 5.32 Å². The van der Waals surface area contributed by atoms with Crippen molar-refractivity contribution in [1.29, 1.82) is 0 Å². The lowest BCUT2D eigenvalue weighted by molar-refractivity contribution is -0.139. The Bertz CT molecular complexity index is 890. The predicted molar refractivity (Wildman–Crippen MR) is 99.4 cm³/mol. The number of benzene rings is 1. The summed E-state index contributed by atoms with van der Waals surface area (Å²) in [6.07, 6.45) is 11.4. The van der Waals surface area contributed by atoms with Crippen LogP contribution in [0.1, 0.15) is 10.4 Å². The average molecular weight is 366 g/mol. The molecule has 0 fully saturated rings. The highest BCUT2D eigenvalue weighted by molar-refractivity contribution is 6.07. The molecule has 0 bridgehead atoms. The summed E-state index contributed by atoms with van der Waals surface area (Å²) in [7, 11) is 2.41. The van der Waals surface area contributed by atoms with Gasteiger partial charge in [-0.2, -0.15) is 0 Å². The number of nitrogens with zero attached hydrogens (tertiary/aromatic N) is 1. The third-order valence-electron chi connectivity index (χ3n) is 3.65. The second-order valence-electron chi connectivity index (χ2n) is 5.22. The number of rotatable bonds is 5. The highest BCUT2D eigenvalue weighted by Gasteiger charge is 2.29. The largest absolute Gasteiger partial charge is 0.465 e. The van der Waals surface area contributed by atoms with Crippen LogP contribution < -0.4 is 10.2 Å². The van der Waals surface area contributed by atoms with E-state index in [1.165, 1.54) is 25.2 Å². The van der Waals surface area contributed by atoms with Crippen LogP contribution in [0.5, 0.6) is 0 Å². The normalized spacial score (nSPS) is 12.9. The molecule has 0 unspecified atom stereocenters. The first-order valence-electron chi connectivity index (χ1n) is 7.90. The zero-order chi connectivity index (χ0) is 19.8. The Morgan fingerprint density at radius 2 is 1.81 bits per heavy atom. The molecule has 1 amide bonds. The lowest BCUT2D eigenvalue weighted by atomic mass is 10.1. The molecule has 1 aliphatic heterocycles. The fourth-order valence-corrected chi connectivity index (χ4v) is 2.45. The van der Waals surface area contributed by atoms with Gasteiger partial charge in [0.15, 0.2) is 0 Å². The molecule has 0 aromatic heterocycles. The molecule has 0 saturated heterocycles. The van der Waals surface area contributed by atoms with Gasteiger partial charge in [0.05, 0.1) is 37.6 Å². The van der Waals surface area contributed by atoms with Crippen LogP contribution in [-0.4, -0.2) is 38.6 Å². The van der Waals surface area contributed by atoms with Crippen molar-refractivity contribution in [3.63, 3.8) is 0 Å². The van der Waals surface area contributed by atoms with Crippen molar-refractivity contribution in [2.45, 2.75) is 0 Å². The summed E-state index contributed by atoms with van der Waals surface area (Å²) in [5, 5.41) is 2.58. The molecule has 0 aliphatic carbocycles. The Balaban J connectivity index is 2.65. The number of carbonyl (C=O) groups is 3. The Kier molecular flexibility index (Phi) is 6.55. The summed E-state index contributed by atoms with van der Waals surface area (Å²) < 4.78 is 9.62. The second-order valence-corrected chi connectivity index (χ2v) is 5.22. The molecule has 1 aliphatic rings. The van der Waals surface area contributed by atoms with Gasteiger partial charge >= 0.3 is 11.9 Å². The molecule has 1 heterocycles. The van der Waals surface area contributed by atoms with Crippen molar-refractivity contribution in [2.24, 2.45) is 0 Å². The fourth-order valence-electron chi connectivity index (χ4n) is 2.45. The lowest BCUT2D eigenvalue weighted by Crippen LogP contribution is -2.30. The van der Waals surface area contributed by atoms with E-state index in [-0.39, 0.29) is 23.4 Å². The quantitative estimate of drug-likeness (QED) is 0.629. The highest BCUT2D eigenvalue weighted by atomic mass is 16.5. The van der Waals surface area contributed by atoms with Gasteiger partial charge < -0.3 is 19.7 Å². The maximum atomic E-state index is 12.5. The van der Waals surface area contributed by atoms with Crippen LogP contribution in [0.3, 0.4) is 0 Å². The fraction of sp³-hybridized carbons (Fsp3) is 0.150. The monoisotopic (exact) mass is 366 g/mol. The van der Waals surface area contributed by atoms with Crippen LogP contribution in [0.4, 0.5) is 5.69 Å². The molecular formula is C20H18N2O5. The second kappa shape index (κ2) is 9.06. The number of methoxy groups -OCH3 is 2. The third kappa shape index (κ3) is 4.25. The van der Waals surface area contributed by atoms with E-state index in [0.29, 0.717) is 5.69 Å². The van der Waals surface area contributed by atoms with E-state index < -0.39 is 17.8 Å². The number of hydrogen-bond donors (Lipinski definition) is 1. The van der Waals surface area contributed by atoms with Gasteiger partial charge in [0.1, 0.15) is 5.70 Å². The summed E-state index contributed by atoms with van der Waals surface area (Å²) >= 11 is 0. The number of esters is 2. The minimum absolute atomic E-state index is 0.00631. The van der Waals surface area contributed by atoms with Crippen LogP contribution in [0, 0.1) is 12.3 Å². The molecule has 0 saturated carbocycles. The molecule has 0 radical (unpaired) electrons. The maximum absolute atomic E-state index is 12.5. The molecule has 1 N–H and O–H groups in total. The number of terminal acetylenes is 1. The Morgan fingerprint density at radius 3 is 2.48 bits per heavy atom. The zero-order valence-corrected chi connectivity index (χ0v) is 14.9. The molecule has 7 heteroatoms. The summed E-state index contributed by atoms with van der Waals surface area (Å²) in [4.78, 5) is 38.5. The minimum atomic E-state index is -0.759. The molecule has 7 nitrogen and oxygen atoms in total. The first-order valence-corrected chi connectivity index (χ1v) is 7.90. The van der Waals surface area contributed by atoms with Crippen molar-refractivity contribution in [2.75, 3.05) is 25.7 Å². The standard InChI is InChI=1S/C20H18N2O5/c1-4-12-21-18(23)14-9-5-6-11-16(14)22-13-8-7-10-15(19(24)26-2)17(22)20(25)27-3/h1,5-11,13H,12H2,2-3H3,(H,21,23). The maximum Gasteiger partial charge on any atom is 0.355 e. The molecule has 2 rings (SSSR count). The first kappa shape index (κ1) is 19.5. The van der Waals surface area contributed by atoms with Gasteiger partial charge in [-0.15, -0.1) is 6.42 Å². The van der Waals surface area contributed by atoms with E-state index in [1.807, 2.05) is 0 Å². The van der Waals surface area contributed by atoms with E-state index in [9.17, 15) is 14.4 Å². The third-order valence-corrected chi connectivity index (χ3v) is 3.65. The van der Waals surface area contributed by atoms with Gasteiger partial charge in [-0.3, -0.25) is 4.79 Å². The Morgan fingerprint density at radius 1 is 1.11 bits per heavy atom. The lowest BCUT2D eigenvalue weighted by Gasteiger charge is -2.25. The van der Waals surface area contributed by atoms with Crippen molar-refractivity contribution in [3.8, 4) is 12.3 Å². The molecule has 0 atom stereocenters. The van der Waals surface area contributed by atoms with Crippen LogP contribution in [0.25, 0.3) is 0 Å². The zero-order valence-electron chi connectivity index (χ0n) is 14.9.